The predicted octanol–water partition coefficient (Wildman–Crippen LogP) is 2.84. The van der Waals surface area contributed by atoms with Gasteiger partial charge in [-0.25, -0.2) is 4.79 Å². The summed E-state index contributed by atoms with van der Waals surface area (Å²) in [7, 11) is 0. The van der Waals surface area contributed by atoms with Crippen molar-refractivity contribution in [1.82, 2.24) is 0 Å². The minimum absolute atomic E-state index is 0.0575. The van der Waals surface area contributed by atoms with E-state index < -0.39 is 5.97 Å². The highest BCUT2D eigenvalue weighted by molar-refractivity contribution is 9.10. The lowest BCUT2D eigenvalue weighted by atomic mass is 10.3. The molecule has 0 spiro atoms. The largest absolute Gasteiger partial charge is 0.448 e. The first kappa shape index (κ1) is 10.8. The van der Waals surface area contributed by atoms with E-state index in [1.54, 1.807) is 24.3 Å². The fraction of sp³-hybridized carbons (Fsp3) is 0. The molecule has 1 aromatic carbocycles. The number of anilines is 1. The Morgan fingerprint density at radius 2 is 1.94 bits per heavy atom. The topological polar surface area (TPSA) is 65.5 Å². The number of halogens is 1. The van der Waals surface area contributed by atoms with Gasteiger partial charge in [-0.2, -0.15) is 0 Å². The van der Waals surface area contributed by atoms with Crippen LogP contribution < -0.4 is 10.5 Å². The lowest BCUT2D eigenvalue weighted by Gasteiger charge is -2.02. The van der Waals surface area contributed by atoms with E-state index in [2.05, 4.69) is 15.9 Å². The molecule has 82 valence electrons. The Morgan fingerprint density at radius 3 is 2.50 bits per heavy atom. The smallest absolute Gasteiger partial charge is 0.349 e. The first-order valence-corrected chi connectivity index (χ1v) is 5.27. The maximum atomic E-state index is 11.6. The lowest BCUT2D eigenvalue weighted by Crippen LogP contribution is -2.09. The third-order valence-corrected chi connectivity index (χ3v) is 2.47. The number of nitrogens with two attached hydrogens (primary N) is 1. The molecule has 0 unspecified atom stereocenters. The number of esters is 1. The Morgan fingerprint density at radius 1 is 1.25 bits per heavy atom. The first-order chi connectivity index (χ1) is 7.66. The summed E-state index contributed by atoms with van der Waals surface area (Å²) in [5.41, 5.74) is 5.67. The van der Waals surface area contributed by atoms with Gasteiger partial charge in [0.1, 0.15) is 11.3 Å². The Kier molecular flexibility index (Phi) is 2.96. The van der Waals surface area contributed by atoms with Crippen LogP contribution in [0.2, 0.25) is 0 Å². The Hall–Kier alpha value is -1.75. The van der Waals surface area contributed by atoms with Crippen LogP contribution in [-0.4, -0.2) is 5.97 Å². The molecule has 5 heteroatoms. The van der Waals surface area contributed by atoms with Crippen LogP contribution in [0.15, 0.2) is 45.5 Å². The SMILES string of the molecule is Nc1occc1C(=O)Oc1ccc(Br)cc1. The molecule has 0 saturated heterocycles. The average Bonchev–Trinajstić information content (AvgIpc) is 2.68. The van der Waals surface area contributed by atoms with Crippen molar-refractivity contribution in [1.29, 1.82) is 0 Å². The molecule has 0 fully saturated rings. The summed E-state index contributed by atoms with van der Waals surface area (Å²) in [6.07, 6.45) is 1.34. The van der Waals surface area contributed by atoms with Crippen LogP contribution in [0.1, 0.15) is 10.4 Å². The molecule has 2 N–H and O–H groups in total. The number of ether oxygens (including phenoxy) is 1. The summed E-state index contributed by atoms with van der Waals surface area (Å²) < 4.78 is 10.8. The van der Waals surface area contributed by atoms with Crippen LogP contribution in [0.3, 0.4) is 0 Å². The zero-order valence-electron chi connectivity index (χ0n) is 8.14. The molecule has 0 radical (unpaired) electrons. The number of benzene rings is 1. The van der Waals surface area contributed by atoms with Gasteiger partial charge in [0.2, 0.25) is 5.88 Å². The molecular weight excluding hydrogens is 274 g/mol. The summed E-state index contributed by atoms with van der Waals surface area (Å²) >= 11 is 3.29. The van der Waals surface area contributed by atoms with Crippen LogP contribution in [0.4, 0.5) is 5.88 Å². The van der Waals surface area contributed by atoms with Gasteiger partial charge in [0.15, 0.2) is 0 Å². The van der Waals surface area contributed by atoms with E-state index in [-0.39, 0.29) is 11.4 Å². The molecule has 4 nitrogen and oxygen atoms in total. The number of rotatable bonds is 2. The van der Waals surface area contributed by atoms with Crippen molar-refractivity contribution in [3.8, 4) is 5.75 Å². The molecule has 2 aromatic rings. The molecule has 16 heavy (non-hydrogen) atoms. The standard InChI is InChI=1S/C11H8BrNO3/c12-7-1-3-8(4-2-7)16-11(14)9-5-6-15-10(9)13/h1-6H,13H2. The van der Waals surface area contributed by atoms with E-state index in [1.807, 2.05) is 0 Å². The van der Waals surface area contributed by atoms with Gasteiger partial charge in [-0.1, -0.05) is 15.9 Å². The number of hydrogen-bond donors (Lipinski definition) is 1. The third kappa shape index (κ3) is 2.25. The fourth-order valence-electron chi connectivity index (χ4n) is 1.15. The highest BCUT2D eigenvalue weighted by Crippen LogP contribution is 2.19. The number of hydrogen-bond acceptors (Lipinski definition) is 4. The molecule has 0 bridgehead atoms. The lowest BCUT2D eigenvalue weighted by molar-refractivity contribution is 0.0735. The Labute approximate surface area is 100 Å². The number of furan rings is 1. The van der Waals surface area contributed by atoms with Gasteiger partial charge in [0.25, 0.3) is 0 Å². The first-order valence-electron chi connectivity index (χ1n) is 4.47. The maximum absolute atomic E-state index is 11.6. The zero-order valence-corrected chi connectivity index (χ0v) is 9.73. The van der Waals surface area contributed by atoms with Crippen molar-refractivity contribution in [2.24, 2.45) is 0 Å². The molecule has 0 aliphatic rings. The van der Waals surface area contributed by atoms with Gasteiger partial charge < -0.3 is 14.9 Å². The minimum Gasteiger partial charge on any atom is -0.448 e. The average molecular weight is 282 g/mol. The Balaban J connectivity index is 2.14. The summed E-state index contributed by atoms with van der Waals surface area (Å²) in [5.74, 6) is -0.0236. The van der Waals surface area contributed by atoms with E-state index in [4.69, 9.17) is 14.9 Å². The molecule has 0 saturated carbocycles. The van der Waals surface area contributed by atoms with Gasteiger partial charge in [-0.05, 0) is 30.3 Å². The van der Waals surface area contributed by atoms with E-state index in [0.717, 1.165) is 4.47 Å². The normalized spacial score (nSPS) is 10.1. The van der Waals surface area contributed by atoms with Gasteiger partial charge in [0, 0.05) is 4.47 Å². The quantitative estimate of drug-likeness (QED) is 0.679. The fourth-order valence-corrected chi connectivity index (χ4v) is 1.42. The van der Waals surface area contributed by atoms with Crippen LogP contribution in [-0.2, 0) is 0 Å². The molecule has 0 aliphatic heterocycles. The van der Waals surface area contributed by atoms with E-state index in [0.29, 0.717) is 5.75 Å². The van der Waals surface area contributed by atoms with E-state index >= 15 is 0 Å². The molecule has 1 heterocycles. The number of carbonyl (C=O) groups excluding carboxylic acids is 1. The minimum atomic E-state index is -0.534. The van der Waals surface area contributed by atoms with Crippen LogP contribution in [0.25, 0.3) is 0 Å². The second-order valence-corrected chi connectivity index (χ2v) is 3.96. The number of carbonyl (C=O) groups is 1. The summed E-state index contributed by atoms with van der Waals surface area (Å²) in [6.45, 7) is 0. The zero-order chi connectivity index (χ0) is 11.5. The molecular formula is C11H8BrNO3. The van der Waals surface area contributed by atoms with Crippen LogP contribution in [0.5, 0.6) is 5.75 Å². The molecule has 0 aliphatic carbocycles. The monoisotopic (exact) mass is 281 g/mol. The van der Waals surface area contributed by atoms with Crippen molar-refractivity contribution in [3.05, 3.63) is 46.6 Å². The molecule has 0 atom stereocenters. The second kappa shape index (κ2) is 4.40. The highest BCUT2D eigenvalue weighted by atomic mass is 79.9. The van der Waals surface area contributed by atoms with Gasteiger partial charge in [-0.3, -0.25) is 0 Å². The van der Waals surface area contributed by atoms with E-state index in [9.17, 15) is 4.79 Å². The van der Waals surface area contributed by atoms with Crippen molar-refractivity contribution >= 4 is 27.8 Å². The van der Waals surface area contributed by atoms with Crippen molar-refractivity contribution in [3.63, 3.8) is 0 Å². The van der Waals surface area contributed by atoms with Crippen LogP contribution >= 0.6 is 15.9 Å². The highest BCUT2D eigenvalue weighted by Gasteiger charge is 2.14. The van der Waals surface area contributed by atoms with Crippen LogP contribution in [0, 0.1) is 0 Å². The maximum Gasteiger partial charge on any atom is 0.349 e. The van der Waals surface area contributed by atoms with E-state index in [1.165, 1.54) is 12.3 Å². The van der Waals surface area contributed by atoms with Gasteiger partial charge in [0.05, 0.1) is 6.26 Å². The van der Waals surface area contributed by atoms with Crippen molar-refractivity contribution in [2.45, 2.75) is 0 Å². The van der Waals surface area contributed by atoms with Crippen molar-refractivity contribution in [2.75, 3.05) is 5.73 Å². The van der Waals surface area contributed by atoms with Crippen molar-refractivity contribution < 1.29 is 13.9 Å². The summed E-state index contributed by atoms with van der Waals surface area (Å²) in [5, 5.41) is 0. The molecule has 2 rings (SSSR count). The van der Waals surface area contributed by atoms with Gasteiger partial charge in [-0.15, -0.1) is 0 Å². The second-order valence-electron chi connectivity index (χ2n) is 3.04. The third-order valence-electron chi connectivity index (χ3n) is 1.94. The van der Waals surface area contributed by atoms with Gasteiger partial charge >= 0.3 is 5.97 Å². The summed E-state index contributed by atoms with van der Waals surface area (Å²) in [6, 6.07) is 8.38. The summed E-state index contributed by atoms with van der Waals surface area (Å²) in [4.78, 5) is 11.6. The molecule has 1 aromatic heterocycles. The predicted molar refractivity (Wildman–Crippen MR) is 62.2 cm³/mol. The number of nitrogen functional groups attached to an aromatic ring is 1. The Bertz CT molecular complexity index is 504. The molecule has 0 amide bonds.